The van der Waals surface area contributed by atoms with Gasteiger partial charge in [0.15, 0.2) is 0 Å². The van der Waals surface area contributed by atoms with Crippen molar-refractivity contribution in [2.45, 2.75) is 45.6 Å². The number of halogens is 1. The van der Waals surface area contributed by atoms with Crippen molar-refractivity contribution in [3.05, 3.63) is 82.3 Å². The van der Waals surface area contributed by atoms with E-state index in [1.807, 2.05) is 17.0 Å². The quantitative estimate of drug-likeness (QED) is 0.594. The van der Waals surface area contributed by atoms with Crippen LogP contribution in [0.25, 0.3) is 0 Å². The standard InChI is InChI=1S/C27H29FN2O4/c1-3-34-27(33)25-18(2)30(24(31)16-23(25)21-7-6-8-22(28)15-21)17-19-9-11-20(12-10-19)26(32)29-13-4-5-14-29/h6-12,15,23H,3-5,13-14,16-17H2,1-2H3. The SMILES string of the molecule is CCOC(=O)C1=C(C)N(Cc2ccc(C(=O)N3CCCC3)cc2)C(=O)CC1c1cccc(F)c1. The van der Waals surface area contributed by atoms with E-state index in [-0.39, 0.29) is 31.4 Å². The molecule has 2 aromatic rings. The van der Waals surface area contributed by atoms with Gasteiger partial charge in [-0.15, -0.1) is 0 Å². The van der Waals surface area contributed by atoms with E-state index in [1.54, 1.807) is 43.0 Å². The van der Waals surface area contributed by atoms with Crippen LogP contribution in [0.1, 0.15) is 60.5 Å². The number of allylic oxidation sites excluding steroid dienone is 1. The lowest BCUT2D eigenvalue weighted by Crippen LogP contribution is -2.38. The molecule has 2 aliphatic heterocycles. The molecule has 1 atom stereocenters. The molecule has 0 saturated carbocycles. The van der Waals surface area contributed by atoms with Crippen LogP contribution in [0, 0.1) is 5.82 Å². The van der Waals surface area contributed by atoms with Crippen molar-refractivity contribution in [1.29, 1.82) is 0 Å². The van der Waals surface area contributed by atoms with Crippen molar-refractivity contribution in [3.8, 4) is 0 Å². The maximum Gasteiger partial charge on any atom is 0.336 e. The number of rotatable bonds is 6. The maximum absolute atomic E-state index is 13.9. The first-order valence-corrected chi connectivity index (χ1v) is 11.7. The van der Waals surface area contributed by atoms with Crippen LogP contribution in [0.3, 0.4) is 0 Å². The van der Waals surface area contributed by atoms with E-state index < -0.39 is 17.7 Å². The molecular formula is C27H29FN2O4. The Morgan fingerprint density at radius 3 is 2.44 bits per heavy atom. The Bertz CT molecular complexity index is 1120. The third-order valence-electron chi connectivity index (χ3n) is 6.50. The molecule has 2 heterocycles. The molecule has 2 aliphatic rings. The molecule has 0 bridgehead atoms. The maximum atomic E-state index is 13.9. The molecule has 0 spiro atoms. The smallest absolute Gasteiger partial charge is 0.336 e. The zero-order valence-electron chi connectivity index (χ0n) is 19.6. The largest absolute Gasteiger partial charge is 0.463 e. The molecular weight excluding hydrogens is 435 g/mol. The van der Waals surface area contributed by atoms with Crippen LogP contribution < -0.4 is 0 Å². The van der Waals surface area contributed by atoms with Crippen LogP contribution >= 0.6 is 0 Å². The zero-order chi connectivity index (χ0) is 24.2. The molecule has 0 radical (unpaired) electrons. The summed E-state index contributed by atoms with van der Waals surface area (Å²) in [5, 5.41) is 0. The first-order valence-electron chi connectivity index (χ1n) is 11.7. The second-order valence-electron chi connectivity index (χ2n) is 8.71. The monoisotopic (exact) mass is 464 g/mol. The van der Waals surface area contributed by atoms with Gasteiger partial charge in [0.2, 0.25) is 5.91 Å². The van der Waals surface area contributed by atoms with Crippen molar-refractivity contribution in [2.75, 3.05) is 19.7 Å². The van der Waals surface area contributed by atoms with Gasteiger partial charge >= 0.3 is 5.97 Å². The molecule has 6 nitrogen and oxygen atoms in total. The molecule has 0 aromatic heterocycles. The average Bonchev–Trinajstić information content (AvgIpc) is 3.36. The number of amides is 2. The Labute approximate surface area is 199 Å². The predicted octanol–water partition coefficient (Wildman–Crippen LogP) is 4.41. The normalized spacial score (nSPS) is 18.4. The minimum absolute atomic E-state index is 0.0247. The van der Waals surface area contributed by atoms with E-state index >= 15 is 0 Å². The van der Waals surface area contributed by atoms with Crippen LogP contribution in [0.5, 0.6) is 0 Å². The van der Waals surface area contributed by atoms with Gasteiger partial charge in [-0.1, -0.05) is 24.3 Å². The van der Waals surface area contributed by atoms with Crippen molar-refractivity contribution in [2.24, 2.45) is 0 Å². The van der Waals surface area contributed by atoms with E-state index in [2.05, 4.69) is 0 Å². The molecule has 4 rings (SSSR count). The summed E-state index contributed by atoms with van der Waals surface area (Å²) in [6.07, 6.45) is 2.11. The second-order valence-corrected chi connectivity index (χ2v) is 8.71. The minimum atomic E-state index is -0.570. The van der Waals surface area contributed by atoms with Gasteiger partial charge in [-0.2, -0.15) is 0 Å². The molecule has 1 fully saturated rings. The number of esters is 1. The zero-order valence-corrected chi connectivity index (χ0v) is 19.6. The number of nitrogens with zero attached hydrogens (tertiary/aromatic N) is 2. The Morgan fingerprint density at radius 2 is 1.79 bits per heavy atom. The third kappa shape index (κ3) is 4.88. The summed E-state index contributed by atoms with van der Waals surface area (Å²) >= 11 is 0. The number of likely N-dealkylation sites (tertiary alicyclic amines) is 1. The fraction of sp³-hybridized carbons (Fsp3) is 0.370. The first kappa shape index (κ1) is 23.7. The van der Waals surface area contributed by atoms with Crippen LogP contribution in [-0.2, 0) is 20.9 Å². The summed E-state index contributed by atoms with van der Waals surface area (Å²) in [6, 6.07) is 13.2. The Morgan fingerprint density at radius 1 is 1.09 bits per heavy atom. The van der Waals surface area contributed by atoms with Crippen molar-refractivity contribution in [3.63, 3.8) is 0 Å². The molecule has 7 heteroatoms. The number of carbonyl (C=O) groups excluding carboxylic acids is 3. The average molecular weight is 465 g/mol. The fourth-order valence-corrected chi connectivity index (χ4v) is 4.72. The third-order valence-corrected chi connectivity index (χ3v) is 6.50. The Kier molecular flexibility index (Phi) is 7.10. The van der Waals surface area contributed by atoms with Gasteiger partial charge in [0.25, 0.3) is 5.91 Å². The summed E-state index contributed by atoms with van der Waals surface area (Å²) in [4.78, 5) is 42.0. The Hall–Kier alpha value is -3.48. The van der Waals surface area contributed by atoms with Crippen molar-refractivity contribution in [1.82, 2.24) is 9.80 Å². The van der Waals surface area contributed by atoms with E-state index in [0.29, 0.717) is 22.4 Å². The Balaban J connectivity index is 1.60. The van der Waals surface area contributed by atoms with Crippen LogP contribution in [0.15, 0.2) is 59.8 Å². The first-order chi connectivity index (χ1) is 16.4. The van der Waals surface area contributed by atoms with Crippen LogP contribution in [-0.4, -0.2) is 47.3 Å². The van der Waals surface area contributed by atoms with Crippen molar-refractivity contribution < 1.29 is 23.5 Å². The van der Waals surface area contributed by atoms with Gasteiger partial charge in [-0.3, -0.25) is 9.59 Å². The van der Waals surface area contributed by atoms with E-state index in [1.165, 1.54) is 12.1 Å². The number of benzene rings is 2. The minimum Gasteiger partial charge on any atom is -0.463 e. The summed E-state index contributed by atoms with van der Waals surface area (Å²) in [5.74, 6) is -1.62. The molecule has 2 amide bonds. The highest BCUT2D eigenvalue weighted by atomic mass is 19.1. The fourth-order valence-electron chi connectivity index (χ4n) is 4.72. The number of ether oxygens (including phenoxy) is 1. The number of carbonyl (C=O) groups is 3. The number of hydrogen-bond acceptors (Lipinski definition) is 4. The molecule has 0 aliphatic carbocycles. The molecule has 0 N–H and O–H groups in total. The molecule has 178 valence electrons. The highest BCUT2D eigenvalue weighted by Crippen LogP contribution is 2.38. The highest BCUT2D eigenvalue weighted by molar-refractivity contribution is 5.96. The lowest BCUT2D eigenvalue weighted by molar-refractivity contribution is -0.140. The van der Waals surface area contributed by atoms with Crippen LogP contribution in [0.2, 0.25) is 0 Å². The lowest BCUT2D eigenvalue weighted by atomic mass is 9.83. The molecule has 34 heavy (non-hydrogen) atoms. The summed E-state index contributed by atoms with van der Waals surface area (Å²) in [7, 11) is 0. The van der Waals surface area contributed by atoms with Gasteiger partial charge in [0.1, 0.15) is 5.82 Å². The van der Waals surface area contributed by atoms with Gasteiger partial charge in [0, 0.05) is 36.7 Å². The van der Waals surface area contributed by atoms with Crippen molar-refractivity contribution >= 4 is 17.8 Å². The summed E-state index contributed by atoms with van der Waals surface area (Å²) in [6.45, 7) is 5.49. The molecule has 1 saturated heterocycles. The van der Waals surface area contributed by atoms with E-state index in [9.17, 15) is 18.8 Å². The topological polar surface area (TPSA) is 66.9 Å². The summed E-state index contributed by atoms with van der Waals surface area (Å²) in [5.41, 5.74) is 2.91. The summed E-state index contributed by atoms with van der Waals surface area (Å²) < 4.78 is 19.2. The predicted molar refractivity (Wildman–Crippen MR) is 125 cm³/mol. The van der Waals surface area contributed by atoms with Gasteiger partial charge in [-0.05, 0) is 62.1 Å². The lowest BCUT2D eigenvalue weighted by Gasteiger charge is -2.34. The van der Waals surface area contributed by atoms with E-state index in [4.69, 9.17) is 4.74 Å². The van der Waals surface area contributed by atoms with Gasteiger partial charge in [0.05, 0.1) is 18.7 Å². The number of hydrogen-bond donors (Lipinski definition) is 0. The highest BCUT2D eigenvalue weighted by Gasteiger charge is 2.37. The van der Waals surface area contributed by atoms with Gasteiger partial charge < -0.3 is 14.5 Å². The molecule has 2 aromatic carbocycles. The van der Waals surface area contributed by atoms with Crippen LogP contribution in [0.4, 0.5) is 4.39 Å². The van der Waals surface area contributed by atoms with Gasteiger partial charge in [-0.25, -0.2) is 9.18 Å². The molecule has 1 unspecified atom stereocenters. The van der Waals surface area contributed by atoms with E-state index in [0.717, 1.165) is 31.5 Å². The second kappa shape index (κ2) is 10.2.